The topological polar surface area (TPSA) is 88.6 Å². The molecule has 1 fully saturated rings. The molecule has 0 unspecified atom stereocenters. The Morgan fingerprint density at radius 3 is 2.47 bits per heavy atom. The minimum atomic E-state index is -3.54. The number of hydrogen-bond acceptors (Lipinski definition) is 6. The summed E-state index contributed by atoms with van der Waals surface area (Å²) in [5, 5.41) is 5.63. The van der Waals surface area contributed by atoms with Gasteiger partial charge in [0, 0.05) is 35.1 Å². The minimum Gasteiger partial charge on any atom is -0.379 e. The lowest BCUT2D eigenvalue weighted by molar-refractivity contribution is -0.111. The summed E-state index contributed by atoms with van der Waals surface area (Å²) < 4.78 is 32.1. The summed E-state index contributed by atoms with van der Waals surface area (Å²) in [5.74, 6) is -0.298. The monoisotopic (exact) mass is 489 g/mol. The highest BCUT2D eigenvalue weighted by atomic mass is 35.5. The highest BCUT2D eigenvalue weighted by Gasteiger charge is 2.26. The molecule has 1 saturated heterocycles. The van der Waals surface area contributed by atoms with Gasteiger partial charge in [-0.05, 0) is 35.9 Å². The lowest BCUT2D eigenvalue weighted by Gasteiger charge is -2.26. The summed E-state index contributed by atoms with van der Waals surface area (Å²) in [4.78, 5) is 16.8. The summed E-state index contributed by atoms with van der Waals surface area (Å²) in [6, 6.07) is 13.7. The van der Waals surface area contributed by atoms with E-state index in [-0.39, 0.29) is 10.8 Å². The summed E-state index contributed by atoms with van der Waals surface area (Å²) in [6.45, 7) is 1.51. The third-order valence-electron chi connectivity index (χ3n) is 4.79. The zero-order chi connectivity index (χ0) is 22.6. The number of benzene rings is 2. The van der Waals surface area contributed by atoms with Crippen LogP contribution in [0.2, 0.25) is 5.02 Å². The molecule has 1 aliphatic heterocycles. The van der Waals surface area contributed by atoms with E-state index >= 15 is 0 Å². The molecule has 0 saturated carbocycles. The molecule has 0 bridgehead atoms. The maximum atomic E-state index is 12.7. The number of ether oxygens (including phenoxy) is 1. The van der Waals surface area contributed by atoms with E-state index in [0.717, 1.165) is 11.1 Å². The first-order valence-electron chi connectivity index (χ1n) is 9.80. The van der Waals surface area contributed by atoms with Crippen molar-refractivity contribution in [2.75, 3.05) is 31.6 Å². The maximum absolute atomic E-state index is 12.7. The van der Waals surface area contributed by atoms with Crippen LogP contribution in [0.1, 0.15) is 5.56 Å². The van der Waals surface area contributed by atoms with Crippen molar-refractivity contribution >= 4 is 50.1 Å². The predicted molar refractivity (Wildman–Crippen MR) is 126 cm³/mol. The fourth-order valence-corrected chi connectivity index (χ4v) is 5.35. The number of thiazole rings is 1. The molecule has 0 radical (unpaired) electrons. The van der Waals surface area contributed by atoms with Crippen molar-refractivity contribution in [1.82, 2.24) is 9.29 Å². The number of anilines is 1. The molecule has 7 nitrogen and oxygen atoms in total. The molecule has 0 spiro atoms. The quantitative estimate of drug-likeness (QED) is 0.526. The summed E-state index contributed by atoms with van der Waals surface area (Å²) in [5.41, 5.74) is 2.28. The number of carbonyl (C=O) groups excluding carboxylic acids is 1. The van der Waals surface area contributed by atoms with Crippen LogP contribution in [0.4, 0.5) is 5.13 Å². The molecule has 10 heteroatoms. The van der Waals surface area contributed by atoms with Gasteiger partial charge in [0.1, 0.15) is 0 Å². The molecule has 1 N–H and O–H groups in total. The Bertz CT molecular complexity index is 1220. The van der Waals surface area contributed by atoms with Gasteiger partial charge in [-0.25, -0.2) is 13.4 Å². The average Bonchev–Trinajstić information content (AvgIpc) is 3.28. The van der Waals surface area contributed by atoms with Crippen LogP contribution in [0.15, 0.2) is 64.9 Å². The Morgan fingerprint density at radius 2 is 1.78 bits per heavy atom. The van der Waals surface area contributed by atoms with E-state index in [4.69, 9.17) is 16.3 Å². The number of amides is 1. The van der Waals surface area contributed by atoms with Crippen molar-refractivity contribution in [3.8, 4) is 11.3 Å². The summed E-state index contributed by atoms with van der Waals surface area (Å²) in [7, 11) is -3.54. The van der Waals surface area contributed by atoms with Crippen LogP contribution < -0.4 is 5.32 Å². The molecule has 2 aromatic carbocycles. The highest BCUT2D eigenvalue weighted by molar-refractivity contribution is 7.89. The second-order valence-corrected chi connectivity index (χ2v) is 10.2. The van der Waals surface area contributed by atoms with Gasteiger partial charge in [-0.15, -0.1) is 11.3 Å². The van der Waals surface area contributed by atoms with E-state index in [1.807, 2.05) is 17.5 Å². The van der Waals surface area contributed by atoms with Crippen LogP contribution in [0.25, 0.3) is 17.3 Å². The first-order chi connectivity index (χ1) is 15.4. The lowest BCUT2D eigenvalue weighted by Crippen LogP contribution is -2.40. The first kappa shape index (κ1) is 22.6. The van der Waals surface area contributed by atoms with Crippen LogP contribution in [0, 0.1) is 0 Å². The molecule has 0 aliphatic carbocycles. The number of nitrogens with zero attached hydrogens (tertiary/aromatic N) is 2. The van der Waals surface area contributed by atoms with Crippen molar-refractivity contribution < 1.29 is 17.9 Å². The van der Waals surface area contributed by atoms with Crippen molar-refractivity contribution in [1.29, 1.82) is 0 Å². The molecule has 1 aromatic heterocycles. The van der Waals surface area contributed by atoms with Crippen molar-refractivity contribution in [3.05, 3.63) is 70.6 Å². The van der Waals surface area contributed by atoms with Gasteiger partial charge in [-0.1, -0.05) is 35.9 Å². The third kappa shape index (κ3) is 5.43. The molecule has 0 atom stereocenters. The number of hydrogen-bond donors (Lipinski definition) is 1. The molecular weight excluding hydrogens is 470 g/mol. The summed E-state index contributed by atoms with van der Waals surface area (Å²) in [6.07, 6.45) is 3.11. The Labute approximate surface area is 195 Å². The number of halogens is 1. The molecule has 166 valence electrons. The molecule has 1 aliphatic rings. The Morgan fingerprint density at radius 1 is 1.09 bits per heavy atom. The van der Waals surface area contributed by atoms with Crippen LogP contribution in [-0.4, -0.2) is 49.9 Å². The van der Waals surface area contributed by atoms with E-state index < -0.39 is 10.0 Å². The van der Waals surface area contributed by atoms with Gasteiger partial charge in [-0.3, -0.25) is 10.1 Å². The van der Waals surface area contributed by atoms with Gasteiger partial charge < -0.3 is 4.74 Å². The fourth-order valence-electron chi connectivity index (χ4n) is 3.09. The predicted octanol–water partition coefficient (Wildman–Crippen LogP) is 4.14. The molecule has 3 aromatic rings. The normalized spacial score (nSPS) is 15.2. The molecule has 32 heavy (non-hydrogen) atoms. The zero-order valence-corrected chi connectivity index (χ0v) is 19.3. The van der Waals surface area contributed by atoms with Gasteiger partial charge in [0.25, 0.3) is 0 Å². The third-order valence-corrected chi connectivity index (χ3v) is 7.71. The van der Waals surface area contributed by atoms with E-state index in [1.54, 1.807) is 42.5 Å². The SMILES string of the molecule is O=C(/C=C/c1ccc(Cl)cc1)Nc1nc(-c2ccc(S(=O)(=O)N3CCOCC3)cc2)cs1. The number of nitrogens with one attached hydrogen (secondary N) is 1. The van der Waals surface area contributed by atoms with Crippen LogP contribution in [-0.2, 0) is 19.6 Å². The average molecular weight is 490 g/mol. The van der Waals surface area contributed by atoms with Crippen LogP contribution in [0.5, 0.6) is 0 Å². The van der Waals surface area contributed by atoms with Crippen LogP contribution in [0.3, 0.4) is 0 Å². The number of morpholine rings is 1. The fraction of sp³-hybridized carbons (Fsp3) is 0.182. The highest BCUT2D eigenvalue weighted by Crippen LogP contribution is 2.27. The van der Waals surface area contributed by atoms with E-state index in [9.17, 15) is 13.2 Å². The molecular formula is C22H20ClN3O4S2. The Kier molecular flexibility index (Phi) is 7.02. The summed E-state index contributed by atoms with van der Waals surface area (Å²) >= 11 is 7.15. The zero-order valence-electron chi connectivity index (χ0n) is 16.9. The lowest BCUT2D eigenvalue weighted by atomic mass is 10.2. The number of carbonyl (C=O) groups is 1. The van der Waals surface area contributed by atoms with E-state index in [0.29, 0.717) is 42.2 Å². The van der Waals surface area contributed by atoms with Crippen molar-refractivity contribution in [3.63, 3.8) is 0 Å². The van der Waals surface area contributed by atoms with Gasteiger partial charge >= 0.3 is 0 Å². The van der Waals surface area contributed by atoms with Crippen molar-refractivity contribution in [2.45, 2.75) is 4.90 Å². The van der Waals surface area contributed by atoms with Gasteiger partial charge in [0.2, 0.25) is 15.9 Å². The first-order valence-corrected chi connectivity index (χ1v) is 12.5. The van der Waals surface area contributed by atoms with E-state index in [1.165, 1.54) is 21.7 Å². The van der Waals surface area contributed by atoms with Crippen molar-refractivity contribution in [2.24, 2.45) is 0 Å². The van der Waals surface area contributed by atoms with Gasteiger partial charge in [0.15, 0.2) is 5.13 Å². The standard InChI is InChI=1S/C22H20ClN3O4S2/c23-18-6-1-16(2-7-18)3-10-21(27)25-22-24-20(15-31-22)17-4-8-19(9-5-17)32(28,29)26-11-13-30-14-12-26/h1-10,15H,11-14H2,(H,24,25,27)/b10-3+. The second-order valence-electron chi connectivity index (χ2n) is 6.95. The number of aromatic nitrogens is 1. The molecule has 4 rings (SSSR count). The van der Waals surface area contributed by atoms with Gasteiger partial charge in [-0.2, -0.15) is 4.31 Å². The molecule has 2 heterocycles. The van der Waals surface area contributed by atoms with Crippen LogP contribution >= 0.6 is 22.9 Å². The number of sulfonamides is 1. The second kappa shape index (κ2) is 9.93. The smallest absolute Gasteiger partial charge is 0.250 e. The van der Waals surface area contributed by atoms with E-state index in [2.05, 4.69) is 10.3 Å². The number of rotatable bonds is 6. The maximum Gasteiger partial charge on any atom is 0.250 e. The molecule has 1 amide bonds. The Hall–Kier alpha value is -2.56. The minimum absolute atomic E-state index is 0.235. The Balaban J connectivity index is 1.40. The largest absolute Gasteiger partial charge is 0.379 e. The van der Waals surface area contributed by atoms with Gasteiger partial charge in [0.05, 0.1) is 23.8 Å².